The number of aromatic nitrogens is 1. The molecule has 4 rings (SSSR count). The lowest BCUT2D eigenvalue weighted by molar-refractivity contribution is -0.132. The smallest absolute Gasteiger partial charge is 0.296 e. The Labute approximate surface area is 212 Å². The van der Waals surface area contributed by atoms with Crippen LogP contribution in [0.2, 0.25) is 0 Å². The number of hydrogen-bond donors (Lipinski definition) is 2. The van der Waals surface area contributed by atoms with Crippen molar-refractivity contribution in [2.24, 2.45) is 0 Å². The summed E-state index contributed by atoms with van der Waals surface area (Å²) >= 11 is 1.21. The zero-order valence-corrected chi connectivity index (χ0v) is 20.9. The van der Waals surface area contributed by atoms with E-state index in [0.717, 1.165) is 0 Å². The van der Waals surface area contributed by atoms with Gasteiger partial charge in [0.15, 0.2) is 5.13 Å². The van der Waals surface area contributed by atoms with Gasteiger partial charge in [-0.05, 0) is 49.2 Å². The molecule has 36 heavy (non-hydrogen) atoms. The van der Waals surface area contributed by atoms with E-state index in [1.807, 2.05) is 0 Å². The summed E-state index contributed by atoms with van der Waals surface area (Å²) in [4.78, 5) is 31.3. The number of halogens is 1. The van der Waals surface area contributed by atoms with Gasteiger partial charge in [0.05, 0.1) is 24.1 Å². The molecule has 0 bridgehead atoms. The lowest BCUT2D eigenvalue weighted by Gasteiger charge is -2.32. The number of benzene rings is 2. The minimum Gasteiger partial charge on any atom is -0.359 e. The molecule has 0 unspecified atom stereocenters. The monoisotopic (exact) mass is 532 g/mol. The summed E-state index contributed by atoms with van der Waals surface area (Å²) in [5.74, 6) is -0.871. The lowest BCUT2D eigenvalue weighted by Crippen LogP contribution is -2.42. The van der Waals surface area contributed by atoms with Crippen LogP contribution >= 0.6 is 11.3 Å². The molecule has 0 aliphatic carbocycles. The molecule has 1 aromatic heterocycles. The van der Waals surface area contributed by atoms with E-state index in [1.54, 1.807) is 23.1 Å². The van der Waals surface area contributed by atoms with Crippen LogP contribution in [0.1, 0.15) is 28.9 Å². The van der Waals surface area contributed by atoms with Gasteiger partial charge in [0.1, 0.15) is 10.7 Å². The molecule has 2 N–H and O–H groups in total. The van der Waals surface area contributed by atoms with Gasteiger partial charge in [-0.25, -0.2) is 9.37 Å². The Balaban J connectivity index is 1.19. The molecule has 0 saturated carbocycles. The summed E-state index contributed by atoms with van der Waals surface area (Å²) in [6.07, 6.45) is 2.83. The van der Waals surface area contributed by atoms with Gasteiger partial charge in [0.2, 0.25) is 5.91 Å². The molecule has 1 fully saturated rings. The predicted molar refractivity (Wildman–Crippen MR) is 134 cm³/mol. The highest BCUT2D eigenvalue weighted by atomic mass is 32.2. The first-order valence-corrected chi connectivity index (χ1v) is 13.5. The van der Waals surface area contributed by atoms with Crippen LogP contribution in [-0.2, 0) is 19.1 Å². The molecule has 2 heterocycles. The quantitative estimate of drug-likeness (QED) is 0.403. The minimum absolute atomic E-state index is 0.0246. The van der Waals surface area contributed by atoms with Gasteiger partial charge < -0.3 is 15.5 Å². The number of piperidine rings is 1. The number of carbonyl (C=O) groups excluding carboxylic acids is 2. The Bertz CT molecular complexity index is 1290. The second-order valence-corrected chi connectivity index (χ2v) is 10.8. The standard InChI is InChI=1S/C24H25FN4O5S2/c25-17-6-8-18(9-7-17)27-23(31)21-16-26-24(35-21)28-19-10-13-29(14-11-19)22(30)12-15-34-36(32,33)20-4-2-1-3-5-20/h1-9,16,19H,10-15H2,(H,26,28)(H,27,31). The van der Waals surface area contributed by atoms with Crippen LogP contribution in [0.4, 0.5) is 15.2 Å². The average Bonchev–Trinajstić information content (AvgIpc) is 3.35. The number of nitrogens with zero attached hydrogens (tertiary/aromatic N) is 2. The Hall–Kier alpha value is -3.35. The normalized spacial score (nSPS) is 14.4. The van der Waals surface area contributed by atoms with Crippen molar-refractivity contribution in [3.63, 3.8) is 0 Å². The number of amides is 2. The Kier molecular flexibility index (Phi) is 8.28. The largest absolute Gasteiger partial charge is 0.359 e. The van der Waals surface area contributed by atoms with E-state index in [2.05, 4.69) is 15.6 Å². The highest BCUT2D eigenvalue weighted by Gasteiger charge is 2.24. The van der Waals surface area contributed by atoms with Crippen LogP contribution in [0.15, 0.2) is 65.7 Å². The van der Waals surface area contributed by atoms with Crippen LogP contribution in [0.25, 0.3) is 0 Å². The minimum atomic E-state index is -3.88. The molecule has 0 radical (unpaired) electrons. The molecular formula is C24H25FN4O5S2. The van der Waals surface area contributed by atoms with Gasteiger partial charge in [-0.3, -0.25) is 13.8 Å². The molecule has 2 amide bonds. The van der Waals surface area contributed by atoms with Gasteiger partial charge in [-0.2, -0.15) is 8.42 Å². The Morgan fingerprint density at radius 1 is 1.08 bits per heavy atom. The number of rotatable bonds is 9. The molecule has 0 spiro atoms. The molecule has 1 saturated heterocycles. The maximum Gasteiger partial charge on any atom is 0.296 e. The van der Waals surface area contributed by atoms with E-state index in [4.69, 9.17) is 4.18 Å². The predicted octanol–water partition coefficient (Wildman–Crippen LogP) is 3.73. The van der Waals surface area contributed by atoms with Crippen LogP contribution < -0.4 is 10.6 Å². The third-order valence-electron chi connectivity index (χ3n) is 5.59. The fraction of sp³-hybridized carbons (Fsp3) is 0.292. The molecule has 0 atom stereocenters. The SMILES string of the molecule is O=C(Nc1ccc(F)cc1)c1cnc(NC2CCN(C(=O)CCOS(=O)(=O)c3ccccc3)CC2)s1. The van der Waals surface area contributed by atoms with E-state index in [1.165, 1.54) is 53.9 Å². The third-order valence-corrected chi connectivity index (χ3v) is 7.85. The summed E-state index contributed by atoms with van der Waals surface area (Å²) in [6.45, 7) is 0.826. The number of anilines is 2. The topological polar surface area (TPSA) is 118 Å². The second-order valence-electron chi connectivity index (χ2n) is 8.13. The summed E-state index contributed by atoms with van der Waals surface area (Å²) < 4.78 is 42.3. The van der Waals surface area contributed by atoms with Gasteiger partial charge >= 0.3 is 0 Å². The maximum absolute atomic E-state index is 13.0. The molecule has 1 aliphatic rings. The van der Waals surface area contributed by atoms with Crippen LogP contribution in [0.5, 0.6) is 0 Å². The maximum atomic E-state index is 13.0. The Morgan fingerprint density at radius 2 is 1.78 bits per heavy atom. The molecule has 12 heteroatoms. The number of carbonyl (C=O) groups is 2. The molecule has 2 aromatic carbocycles. The highest BCUT2D eigenvalue weighted by molar-refractivity contribution is 7.86. The highest BCUT2D eigenvalue weighted by Crippen LogP contribution is 2.23. The van der Waals surface area contributed by atoms with Gasteiger partial charge in [0, 0.05) is 24.8 Å². The molecule has 9 nitrogen and oxygen atoms in total. The first-order valence-electron chi connectivity index (χ1n) is 11.3. The van der Waals surface area contributed by atoms with Crippen LogP contribution in [-0.4, -0.2) is 55.9 Å². The van der Waals surface area contributed by atoms with Crippen LogP contribution in [0.3, 0.4) is 0 Å². The fourth-order valence-corrected chi connectivity index (χ4v) is 5.39. The first-order chi connectivity index (χ1) is 17.3. The summed E-state index contributed by atoms with van der Waals surface area (Å²) in [5, 5.41) is 6.61. The molecular weight excluding hydrogens is 507 g/mol. The van der Waals surface area contributed by atoms with Gasteiger partial charge in [-0.15, -0.1) is 0 Å². The van der Waals surface area contributed by atoms with Crippen molar-refractivity contribution in [1.29, 1.82) is 0 Å². The molecule has 190 valence electrons. The Morgan fingerprint density at radius 3 is 2.47 bits per heavy atom. The first kappa shape index (κ1) is 25.7. The summed E-state index contributed by atoms with van der Waals surface area (Å²) in [6, 6.07) is 13.4. The fourth-order valence-electron chi connectivity index (χ4n) is 3.67. The number of hydrogen-bond acceptors (Lipinski definition) is 8. The van der Waals surface area contributed by atoms with Crippen molar-refractivity contribution in [2.45, 2.75) is 30.2 Å². The number of likely N-dealkylation sites (tertiary alicyclic amines) is 1. The summed E-state index contributed by atoms with van der Waals surface area (Å²) in [7, 11) is -3.88. The third kappa shape index (κ3) is 6.86. The molecule has 3 aromatic rings. The lowest BCUT2D eigenvalue weighted by atomic mass is 10.1. The van der Waals surface area contributed by atoms with Crippen molar-refractivity contribution in [1.82, 2.24) is 9.88 Å². The van der Waals surface area contributed by atoms with Crippen molar-refractivity contribution in [2.75, 3.05) is 30.3 Å². The van der Waals surface area contributed by atoms with E-state index in [-0.39, 0.29) is 41.6 Å². The second kappa shape index (κ2) is 11.6. The van der Waals surface area contributed by atoms with Crippen molar-refractivity contribution >= 4 is 44.1 Å². The van der Waals surface area contributed by atoms with Crippen molar-refractivity contribution in [3.8, 4) is 0 Å². The van der Waals surface area contributed by atoms with E-state index in [0.29, 0.717) is 41.6 Å². The summed E-state index contributed by atoms with van der Waals surface area (Å²) in [5.41, 5.74) is 0.490. The zero-order valence-electron chi connectivity index (χ0n) is 19.2. The van der Waals surface area contributed by atoms with E-state index in [9.17, 15) is 22.4 Å². The number of thiazole rings is 1. The van der Waals surface area contributed by atoms with Crippen molar-refractivity contribution in [3.05, 3.63) is 71.5 Å². The van der Waals surface area contributed by atoms with Gasteiger partial charge in [0.25, 0.3) is 16.0 Å². The average molecular weight is 533 g/mol. The van der Waals surface area contributed by atoms with Gasteiger partial charge in [-0.1, -0.05) is 29.5 Å². The van der Waals surface area contributed by atoms with E-state index < -0.39 is 10.1 Å². The number of nitrogens with one attached hydrogen (secondary N) is 2. The van der Waals surface area contributed by atoms with Crippen molar-refractivity contribution < 1.29 is 26.6 Å². The zero-order chi connectivity index (χ0) is 25.5. The molecule has 1 aliphatic heterocycles. The van der Waals surface area contributed by atoms with E-state index >= 15 is 0 Å². The van der Waals surface area contributed by atoms with Crippen LogP contribution in [0, 0.1) is 5.82 Å².